The normalized spacial score (nSPS) is 25.5. The van der Waals surface area contributed by atoms with Gasteiger partial charge in [0.25, 0.3) is 0 Å². The molecule has 0 amide bonds. The van der Waals surface area contributed by atoms with Crippen molar-refractivity contribution in [2.75, 3.05) is 17.6 Å². The van der Waals surface area contributed by atoms with Gasteiger partial charge in [0.15, 0.2) is 0 Å². The van der Waals surface area contributed by atoms with E-state index in [2.05, 4.69) is 10.3 Å². The number of aliphatic hydroxyl groups is 1. The summed E-state index contributed by atoms with van der Waals surface area (Å²) in [6.07, 6.45) is -2.14. The zero-order valence-corrected chi connectivity index (χ0v) is 12.9. The molecule has 0 radical (unpaired) electrons. The van der Waals surface area contributed by atoms with Crippen molar-refractivity contribution in [1.29, 1.82) is 0 Å². The molecule has 2 rings (SSSR count). The molecule has 1 aliphatic carbocycles. The van der Waals surface area contributed by atoms with E-state index in [9.17, 15) is 18.3 Å². The molecule has 0 aliphatic heterocycles. The van der Waals surface area contributed by atoms with Crippen LogP contribution in [0.25, 0.3) is 0 Å². The highest BCUT2D eigenvalue weighted by Crippen LogP contribution is 2.41. The van der Waals surface area contributed by atoms with Crippen molar-refractivity contribution in [3.63, 3.8) is 0 Å². The van der Waals surface area contributed by atoms with E-state index in [-0.39, 0.29) is 22.6 Å². The molecule has 0 saturated heterocycles. The second-order valence-electron chi connectivity index (χ2n) is 4.99. The molecule has 2 atom stereocenters. The first-order valence-electron chi connectivity index (χ1n) is 6.57. The van der Waals surface area contributed by atoms with E-state index >= 15 is 0 Å². The molecule has 1 aromatic rings. The Morgan fingerprint density at radius 3 is 2.76 bits per heavy atom. The maximum absolute atomic E-state index is 12.5. The van der Waals surface area contributed by atoms with E-state index < -0.39 is 17.3 Å². The SMILES string of the molecule is CCSC1CCC1(O)CNc1ncc(C(F)(F)F)cc1Cl. The third-order valence-corrected chi connectivity index (χ3v) is 5.24. The number of alkyl halides is 3. The van der Waals surface area contributed by atoms with Crippen LogP contribution in [0.15, 0.2) is 12.3 Å². The summed E-state index contributed by atoms with van der Waals surface area (Å²) < 4.78 is 37.5. The fourth-order valence-electron chi connectivity index (χ4n) is 2.20. The molecule has 1 aromatic heterocycles. The number of nitrogens with one attached hydrogen (secondary N) is 1. The van der Waals surface area contributed by atoms with Gasteiger partial charge in [0.2, 0.25) is 0 Å². The van der Waals surface area contributed by atoms with Crippen molar-refractivity contribution in [3.05, 3.63) is 22.8 Å². The highest BCUT2D eigenvalue weighted by molar-refractivity contribution is 8.00. The lowest BCUT2D eigenvalue weighted by molar-refractivity contribution is -0.137. The van der Waals surface area contributed by atoms with Crippen LogP contribution in [0.2, 0.25) is 5.02 Å². The zero-order valence-electron chi connectivity index (χ0n) is 11.4. The molecule has 1 aliphatic rings. The lowest BCUT2D eigenvalue weighted by Crippen LogP contribution is -2.54. The van der Waals surface area contributed by atoms with Crippen LogP contribution in [0.5, 0.6) is 0 Å². The second kappa shape index (κ2) is 6.22. The van der Waals surface area contributed by atoms with Crippen LogP contribution >= 0.6 is 23.4 Å². The number of halogens is 4. The monoisotopic (exact) mass is 340 g/mol. The van der Waals surface area contributed by atoms with Gasteiger partial charge in [-0.2, -0.15) is 24.9 Å². The van der Waals surface area contributed by atoms with Gasteiger partial charge < -0.3 is 10.4 Å². The van der Waals surface area contributed by atoms with Crippen molar-refractivity contribution in [3.8, 4) is 0 Å². The summed E-state index contributed by atoms with van der Waals surface area (Å²) in [6, 6.07) is 0.833. The molecule has 21 heavy (non-hydrogen) atoms. The van der Waals surface area contributed by atoms with Crippen LogP contribution in [-0.2, 0) is 6.18 Å². The van der Waals surface area contributed by atoms with Crippen LogP contribution < -0.4 is 5.32 Å². The minimum atomic E-state index is -4.47. The molecule has 1 heterocycles. The van der Waals surface area contributed by atoms with Gasteiger partial charge in [-0.25, -0.2) is 4.98 Å². The molecule has 8 heteroatoms. The summed E-state index contributed by atoms with van der Waals surface area (Å²) in [5.41, 5.74) is -1.74. The van der Waals surface area contributed by atoms with Crippen molar-refractivity contribution in [1.82, 2.24) is 4.98 Å². The van der Waals surface area contributed by atoms with Gasteiger partial charge in [-0.3, -0.25) is 0 Å². The fourth-order valence-corrected chi connectivity index (χ4v) is 3.63. The highest BCUT2D eigenvalue weighted by Gasteiger charge is 2.45. The molecule has 0 spiro atoms. The summed E-state index contributed by atoms with van der Waals surface area (Å²) in [5.74, 6) is 1.07. The van der Waals surface area contributed by atoms with E-state index in [4.69, 9.17) is 11.6 Å². The van der Waals surface area contributed by atoms with Crippen molar-refractivity contribution >= 4 is 29.2 Å². The number of rotatable bonds is 5. The summed E-state index contributed by atoms with van der Waals surface area (Å²) in [5, 5.41) is 13.3. The van der Waals surface area contributed by atoms with E-state index in [1.807, 2.05) is 6.92 Å². The summed E-state index contributed by atoms with van der Waals surface area (Å²) in [7, 11) is 0. The first-order chi connectivity index (χ1) is 9.76. The highest BCUT2D eigenvalue weighted by atomic mass is 35.5. The first-order valence-corrected chi connectivity index (χ1v) is 7.99. The van der Waals surface area contributed by atoms with Gasteiger partial charge in [-0.15, -0.1) is 0 Å². The van der Waals surface area contributed by atoms with Gasteiger partial charge >= 0.3 is 6.18 Å². The molecule has 1 saturated carbocycles. The topological polar surface area (TPSA) is 45.1 Å². The smallest absolute Gasteiger partial charge is 0.387 e. The second-order valence-corrected chi connectivity index (χ2v) is 6.88. The van der Waals surface area contributed by atoms with Gasteiger partial charge in [0.05, 0.1) is 16.2 Å². The Labute approximate surface area is 130 Å². The minimum absolute atomic E-state index is 0.104. The van der Waals surface area contributed by atoms with Gasteiger partial charge in [-0.05, 0) is 24.7 Å². The number of thioether (sulfide) groups is 1. The summed E-state index contributed by atoms with van der Waals surface area (Å²) in [4.78, 5) is 3.70. The lowest BCUT2D eigenvalue weighted by atomic mass is 9.79. The molecule has 2 unspecified atom stereocenters. The molecular weight excluding hydrogens is 325 g/mol. The number of hydrogen-bond acceptors (Lipinski definition) is 4. The molecular formula is C13H16ClF3N2OS. The Hall–Kier alpha value is -0.660. The Morgan fingerprint density at radius 1 is 1.57 bits per heavy atom. The maximum atomic E-state index is 12.5. The quantitative estimate of drug-likeness (QED) is 0.855. The third kappa shape index (κ3) is 3.76. The van der Waals surface area contributed by atoms with Crippen LogP contribution in [-0.4, -0.2) is 33.2 Å². The lowest BCUT2D eigenvalue weighted by Gasteiger charge is -2.45. The number of pyridine rings is 1. The number of anilines is 1. The predicted octanol–water partition coefficient (Wildman–Crippen LogP) is 3.81. The molecule has 3 nitrogen and oxygen atoms in total. The zero-order chi connectivity index (χ0) is 15.7. The van der Waals surface area contributed by atoms with E-state index in [0.717, 1.165) is 24.4 Å². The van der Waals surface area contributed by atoms with Gasteiger partial charge in [0, 0.05) is 18.0 Å². The third-order valence-electron chi connectivity index (χ3n) is 3.54. The summed E-state index contributed by atoms with van der Waals surface area (Å²) >= 11 is 7.49. The largest absolute Gasteiger partial charge is 0.417 e. The van der Waals surface area contributed by atoms with Gasteiger partial charge in [0.1, 0.15) is 5.82 Å². The number of hydrogen-bond donors (Lipinski definition) is 2. The average molecular weight is 341 g/mol. The van der Waals surface area contributed by atoms with Crippen molar-refractivity contribution in [2.45, 2.75) is 36.8 Å². The van der Waals surface area contributed by atoms with Crippen molar-refractivity contribution < 1.29 is 18.3 Å². The maximum Gasteiger partial charge on any atom is 0.417 e. The Bertz CT molecular complexity index is 515. The Kier molecular flexibility index (Phi) is 4.95. The number of nitrogens with zero attached hydrogens (tertiary/aromatic N) is 1. The number of aromatic nitrogens is 1. The minimum Gasteiger partial charge on any atom is -0.387 e. The average Bonchev–Trinajstić information content (AvgIpc) is 2.40. The van der Waals surface area contributed by atoms with E-state index in [1.165, 1.54) is 0 Å². The van der Waals surface area contributed by atoms with Crippen LogP contribution in [0, 0.1) is 0 Å². The van der Waals surface area contributed by atoms with E-state index in [1.54, 1.807) is 11.8 Å². The first kappa shape index (κ1) is 16.7. The van der Waals surface area contributed by atoms with Crippen LogP contribution in [0.3, 0.4) is 0 Å². The van der Waals surface area contributed by atoms with Crippen LogP contribution in [0.1, 0.15) is 25.3 Å². The van der Waals surface area contributed by atoms with Crippen molar-refractivity contribution in [2.24, 2.45) is 0 Å². The van der Waals surface area contributed by atoms with E-state index in [0.29, 0.717) is 6.42 Å². The molecule has 1 fully saturated rings. The molecule has 0 aromatic carbocycles. The fraction of sp³-hybridized carbons (Fsp3) is 0.615. The molecule has 118 valence electrons. The summed E-state index contributed by atoms with van der Waals surface area (Å²) in [6.45, 7) is 2.24. The predicted molar refractivity (Wildman–Crippen MR) is 78.8 cm³/mol. The Balaban J connectivity index is 2.01. The van der Waals surface area contributed by atoms with Crippen LogP contribution in [0.4, 0.5) is 19.0 Å². The molecule has 2 N–H and O–H groups in total. The Morgan fingerprint density at radius 2 is 2.29 bits per heavy atom. The van der Waals surface area contributed by atoms with Gasteiger partial charge in [-0.1, -0.05) is 18.5 Å². The molecule has 0 bridgehead atoms. The standard InChI is InChI=1S/C13H16ClF3N2OS/c1-2-21-10-3-4-12(10,20)7-19-11-9(14)5-8(6-18-11)13(15,16)17/h5-6,10,20H,2-4,7H2,1H3,(H,18,19).